The number of ether oxygens (including phenoxy) is 2. The van der Waals surface area contributed by atoms with Crippen LogP contribution in [0.25, 0.3) is 0 Å². The smallest absolute Gasteiger partial charge is 0.335 e. The van der Waals surface area contributed by atoms with E-state index in [9.17, 15) is 9.59 Å². The molecule has 5 nitrogen and oxygen atoms in total. The minimum absolute atomic E-state index is 0.117. The number of rotatable bonds is 6. The van der Waals surface area contributed by atoms with Gasteiger partial charge in [0.1, 0.15) is 19.0 Å². The SMILES string of the molecule is C=C(C)C(=O)OCCOc1ccc(C(=O)O)cc1C. The number of hydrogen-bond acceptors (Lipinski definition) is 4. The summed E-state index contributed by atoms with van der Waals surface area (Å²) in [5.41, 5.74) is 1.26. The van der Waals surface area contributed by atoms with Crippen LogP contribution in [0.1, 0.15) is 22.8 Å². The summed E-state index contributed by atoms with van der Waals surface area (Å²) < 4.78 is 10.3. The number of aryl methyl sites for hydroxylation is 1. The van der Waals surface area contributed by atoms with Crippen LogP contribution in [-0.2, 0) is 9.53 Å². The monoisotopic (exact) mass is 264 g/mol. The molecule has 1 aromatic carbocycles. The molecule has 0 heterocycles. The maximum absolute atomic E-state index is 11.1. The van der Waals surface area contributed by atoms with Crippen molar-refractivity contribution in [3.8, 4) is 5.75 Å². The number of carboxylic acids is 1. The second-order valence-electron chi connectivity index (χ2n) is 4.05. The molecule has 0 bridgehead atoms. The number of hydrogen-bond donors (Lipinski definition) is 1. The molecule has 1 aromatic rings. The average molecular weight is 264 g/mol. The van der Waals surface area contributed by atoms with E-state index >= 15 is 0 Å². The van der Waals surface area contributed by atoms with E-state index in [0.29, 0.717) is 16.9 Å². The predicted molar refractivity (Wildman–Crippen MR) is 69.4 cm³/mol. The van der Waals surface area contributed by atoms with Crippen LogP contribution in [0.5, 0.6) is 5.75 Å². The summed E-state index contributed by atoms with van der Waals surface area (Å²) in [6, 6.07) is 4.57. The molecule has 0 atom stereocenters. The van der Waals surface area contributed by atoms with Crippen molar-refractivity contribution in [2.45, 2.75) is 13.8 Å². The highest BCUT2D eigenvalue weighted by atomic mass is 16.6. The number of benzene rings is 1. The summed E-state index contributed by atoms with van der Waals surface area (Å²) in [7, 11) is 0. The Morgan fingerprint density at radius 2 is 2.00 bits per heavy atom. The largest absolute Gasteiger partial charge is 0.490 e. The topological polar surface area (TPSA) is 72.8 Å². The molecule has 0 aromatic heterocycles. The Labute approximate surface area is 111 Å². The number of aromatic carboxylic acids is 1. The van der Waals surface area contributed by atoms with Gasteiger partial charge in [-0.3, -0.25) is 0 Å². The van der Waals surface area contributed by atoms with Gasteiger partial charge in [-0.2, -0.15) is 0 Å². The molecule has 0 aliphatic heterocycles. The van der Waals surface area contributed by atoms with Crippen LogP contribution in [-0.4, -0.2) is 30.3 Å². The van der Waals surface area contributed by atoms with Gasteiger partial charge >= 0.3 is 11.9 Å². The molecule has 19 heavy (non-hydrogen) atoms. The number of esters is 1. The highest BCUT2D eigenvalue weighted by Crippen LogP contribution is 2.19. The van der Waals surface area contributed by atoms with E-state index in [1.54, 1.807) is 19.9 Å². The van der Waals surface area contributed by atoms with Crippen molar-refractivity contribution in [1.29, 1.82) is 0 Å². The molecule has 0 amide bonds. The lowest BCUT2D eigenvalue weighted by molar-refractivity contribution is -0.139. The highest BCUT2D eigenvalue weighted by Gasteiger charge is 2.07. The van der Waals surface area contributed by atoms with Gasteiger partial charge in [0.2, 0.25) is 0 Å². The first kappa shape index (κ1) is 14.8. The molecule has 0 radical (unpaired) electrons. The van der Waals surface area contributed by atoms with Crippen molar-refractivity contribution in [3.05, 3.63) is 41.5 Å². The quantitative estimate of drug-likeness (QED) is 0.484. The minimum atomic E-state index is -0.981. The summed E-state index contributed by atoms with van der Waals surface area (Å²) in [5, 5.41) is 8.82. The van der Waals surface area contributed by atoms with Crippen LogP contribution < -0.4 is 4.74 Å². The molecule has 5 heteroatoms. The maximum Gasteiger partial charge on any atom is 0.335 e. The van der Waals surface area contributed by atoms with Crippen molar-refractivity contribution in [1.82, 2.24) is 0 Å². The molecule has 0 unspecified atom stereocenters. The van der Waals surface area contributed by atoms with E-state index in [4.69, 9.17) is 14.6 Å². The van der Waals surface area contributed by atoms with Gasteiger partial charge in [-0.1, -0.05) is 6.58 Å². The molecular weight excluding hydrogens is 248 g/mol. The second kappa shape index (κ2) is 6.58. The van der Waals surface area contributed by atoms with Crippen LogP contribution in [0, 0.1) is 6.92 Å². The minimum Gasteiger partial charge on any atom is -0.490 e. The fourth-order valence-corrected chi connectivity index (χ4v) is 1.35. The Balaban J connectivity index is 2.48. The zero-order valence-corrected chi connectivity index (χ0v) is 10.9. The van der Waals surface area contributed by atoms with Crippen molar-refractivity contribution in [2.75, 3.05) is 13.2 Å². The van der Waals surface area contributed by atoms with E-state index < -0.39 is 11.9 Å². The third kappa shape index (κ3) is 4.46. The van der Waals surface area contributed by atoms with Crippen LogP contribution in [0.3, 0.4) is 0 Å². The fraction of sp³-hybridized carbons (Fsp3) is 0.286. The van der Waals surface area contributed by atoms with Crippen molar-refractivity contribution < 1.29 is 24.2 Å². The molecule has 0 fully saturated rings. The highest BCUT2D eigenvalue weighted by molar-refractivity contribution is 5.88. The summed E-state index contributed by atoms with van der Waals surface area (Å²) in [5.74, 6) is -0.872. The van der Waals surface area contributed by atoms with Crippen molar-refractivity contribution >= 4 is 11.9 Å². The molecule has 0 saturated carbocycles. The number of carbonyl (C=O) groups excluding carboxylic acids is 1. The van der Waals surface area contributed by atoms with Gasteiger partial charge in [0.15, 0.2) is 0 Å². The Kier molecular flexibility index (Phi) is 5.11. The Morgan fingerprint density at radius 3 is 2.53 bits per heavy atom. The summed E-state index contributed by atoms with van der Waals surface area (Å²) in [4.78, 5) is 21.9. The van der Waals surface area contributed by atoms with E-state index in [0.717, 1.165) is 0 Å². The Morgan fingerprint density at radius 1 is 1.32 bits per heavy atom. The molecule has 0 spiro atoms. The van der Waals surface area contributed by atoms with E-state index in [1.165, 1.54) is 12.1 Å². The first-order chi connectivity index (χ1) is 8.91. The standard InChI is InChI=1S/C14H16O5/c1-9(2)14(17)19-7-6-18-12-5-4-11(13(15)16)8-10(12)3/h4-5,8H,1,6-7H2,2-3H3,(H,15,16). The molecule has 0 saturated heterocycles. The molecule has 102 valence electrons. The maximum atomic E-state index is 11.1. The molecular formula is C14H16O5. The lowest BCUT2D eigenvalue weighted by Gasteiger charge is -2.10. The lowest BCUT2D eigenvalue weighted by atomic mass is 10.1. The third-order valence-corrected chi connectivity index (χ3v) is 2.34. The molecule has 1 N–H and O–H groups in total. The lowest BCUT2D eigenvalue weighted by Crippen LogP contribution is -2.12. The van der Waals surface area contributed by atoms with E-state index in [-0.39, 0.29) is 18.8 Å². The van der Waals surface area contributed by atoms with Crippen molar-refractivity contribution in [2.24, 2.45) is 0 Å². The Hall–Kier alpha value is -2.30. The van der Waals surface area contributed by atoms with Crippen LogP contribution in [0.2, 0.25) is 0 Å². The Bertz CT molecular complexity index is 505. The summed E-state index contributed by atoms with van der Waals surface area (Å²) >= 11 is 0. The van der Waals surface area contributed by atoms with Gasteiger partial charge in [0, 0.05) is 5.57 Å². The summed E-state index contributed by atoms with van der Waals surface area (Å²) in [6.45, 7) is 7.10. The normalized spacial score (nSPS) is 9.79. The second-order valence-corrected chi connectivity index (χ2v) is 4.05. The molecule has 1 rings (SSSR count). The summed E-state index contributed by atoms with van der Waals surface area (Å²) in [6.07, 6.45) is 0. The fourth-order valence-electron chi connectivity index (χ4n) is 1.35. The van der Waals surface area contributed by atoms with Crippen molar-refractivity contribution in [3.63, 3.8) is 0 Å². The first-order valence-electron chi connectivity index (χ1n) is 5.71. The predicted octanol–water partition coefficient (Wildman–Crippen LogP) is 2.19. The van der Waals surface area contributed by atoms with E-state index in [2.05, 4.69) is 6.58 Å². The van der Waals surface area contributed by atoms with Gasteiger partial charge < -0.3 is 14.6 Å². The van der Waals surface area contributed by atoms with Gasteiger partial charge in [-0.25, -0.2) is 9.59 Å². The third-order valence-electron chi connectivity index (χ3n) is 2.34. The molecule has 0 aliphatic carbocycles. The number of carbonyl (C=O) groups is 2. The van der Waals surface area contributed by atoms with Gasteiger partial charge in [0.05, 0.1) is 5.56 Å². The van der Waals surface area contributed by atoms with Crippen LogP contribution in [0.15, 0.2) is 30.4 Å². The zero-order valence-electron chi connectivity index (χ0n) is 10.9. The van der Waals surface area contributed by atoms with E-state index in [1.807, 2.05) is 0 Å². The number of carboxylic acid groups (broad SMARTS) is 1. The first-order valence-corrected chi connectivity index (χ1v) is 5.71. The zero-order chi connectivity index (χ0) is 14.4. The van der Waals surface area contributed by atoms with Gasteiger partial charge in [-0.05, 0) is 37.6 Å². The van der Waals surface area contributed by atoms with Crippen LogP contribution in [0.4, 0.5) is 0 Å². The van der Waals surface area contributed by atoms with Crippen LogP contribution >= 0.6 is 0 Å². The van der Waals surface area contributed by atoms with Gasteiger partial charge in [-0.15, -0.1) is 0 Å². The average Bonchev–Trinajstić information content (AvgIpc) is 2.35. The van der Waals surface area contributed by atoms with Gasteiger partial charge in [0.25, 0.3) is 0 Å². The molecule has 0 aliphatic rings.